The number of anilines is 1. The highest BCUT2D eigenvalue weighted by molar-refractivity contribution is 7.99. The highest BCUT2D eigenvalue weighted by Gasteiger charge is 2.19. The number of hydrogen-bond donors (Lipinski definition) is 2. The highest BCUT2D eigenvalue weighted by atomic mass is 35.5. The van der Waals surface area contributed by atoms with E-state index in [9.17, 15) is 4.79 Å². The van der Waals surface area contributed by atoms with Gasteiger partial charge in [-0.25, -0.2) is 15.0 Å². The van der Waals surface area contributed by atoms with Gasteiger partial charge in [0.2, 0.25) is 0 Å². The van der Waals surface area contributed by atoms with Crippen LogP contribution in [0.1, 0.15) is 16.2 Å². The van der Waals surface area contributed by atoms with Crippen LogP contribution in [-0.2, 0) is 7.05 Å². The lowest BCUT2D eigenvalue weighted by Crippen LogP contribution is -2.16. The van der Waals surface area contributed by atoms with Crippen LogP contribution in [0.2, 0.25) is 0 Å². The van der Waals surface area contributed by atoms with Gasteiger partial charge in [-0.05, 0) is 30.8 Å². The van der Waals surface area contributed by atoms with Crippen LogP contribution in [0.4, 0.5) is 5.82 Å². The Kier molecular flexibility index (Phi) is 7.03. The molecule has 0 unspecified atom stereocenters. The molecule has 4 heterocycles. The standard InChI is InChI=1S/C17H15N9OS2.ClH/c1-10-3-4-11(7-18-10)28-16-14(15(27)22-12-5-6-26(2)25-12)23-13(8-19-16)29-17-20-9-21-24-17;/h3-9H,1-2H3,(H,20,21,24)(H,22,25,27);1H. The summed E-state index contributed by atoms with van der Waals surface area (Å²) < 4.78 is 1.60. The molecule has 10 nitrogen and oxygen atoms in total. The quantitative estimate of drug-likeness (QED) is 0.445. The SMILES string of the molecule is Cc1ccc(Sc2ncc(Sc3ncn[nH]3)nc2C(=O)Nc2ccn(C)n2)cn1.Cl. The Hall–Kier alpha value is -2.96. The third-order valence-corrected chi connectivity index (χ3v) is 5.35. The molecule has 0 aliphatic rings. The molecule has 0 bridgehead atoms. The number of pyridine rings is 1. The zero-order valence-corrected chi connectivity index (χ0v) is 18.3. The van der Waals surface area contributed by atoms with E-state index in [1.807, 2.05) is 19.1 Å². The number of H-pyrrole nitrogens is 1. The van der Waals surface area contributed by atoms with Crippen molar-refractivity contribution in [1.82, 2.24) is 39.9 Å². The average Bonchev–Trinajstić information content (AvgIpc) is 3.36. The minimum absolute atomic E-state index is 0. The lowest BCUT2D eigenvalue weighted by Gasteiger charge is -2.09. The molecule has 0 fully saturated rings. The second-order valence-electron chi connectivity index (χ2n) is 5.82. The molecule has 0 aliphatic heterocycles. The summed E-state index contributed by atoms with van der Waals surface area (Å²) in [6.07, 6.45) is 6.47. The summed E-state index contributed by atoms with van der Waals surface area (Å²) in [5.41, 5.74) is 1.10. The number of aromatic nitrogens is 8. The lowest BCUT2D eigenvalue weighted by molar-refractivity contribution is 0.101. The van der Waals surface area contributed by atoms with E-state index in [0.717, 1.165) is 10.6 Å². The summed E-state index contributed by atoms with van der Waals surface area (Å²) >= 11 is 2.55. The largest absolute Gasteiger partial charge is 0.304 e. The van der Waals surface area contributed by atoms with Crippen molar-refractivity contribution in [2.75, 3.05) is 5.32 Å². The van der Waals surface area contributed by atoms with Gasteiger partial charge in [-0.3, -0.25) is 19.6 Å². The maximum absolute atomic E-state index is 12.9. The molecular weight excluding hydrogens is 446 g/mol. The molecule has 4 aromatic heterocycles. The number of aromatic amines is 1. The maximum Gasteiger partial charge on any atom is 0.278 e. The van der Waals surface area contributed by atoms with Gasteiger partial charge in [0, 0.05) is 36.1 Å². The number of carbonyl (C=O) groups is 1. The van der Waals surface area contributed by atoms with Gasteiger partial charge in [0.25, 0.3) is 5.91 Å². The minimum atomic E-state index is -0.404. The third kappa shape index (κ3) is 5.34. The fraction of sp³-hybridized carbons (Fsp3) is 0.118. The molecule has 0 saturated carbocycles. The smallest absolute Gasteiger partial charge is 0.278 e. The lowest BCUT2D eigenvalue weighted by atomic mass is 10.4. The summed E-state index contributed by atoms with van der Waals surface area (Å²) in [4.78, 5) is 31.0. The molecule has 0 radical (unpaired) electrons. The molecule has 4 rings (SSSR count). The normalized spacial score (nSPS) is 10.5. The number of amides is 1. The first-order valence-corrected chi connectivity index (χ1v) is 10.0. The van der Waals surface area contributed by atoms with E-state index in [2.05, 4.69) is 40.5 Å². The highest BCUT2D eigenvalue weighted by Crippen LogP contribution is 2.30. The number of rotatable bonds is 6. The molecule has 0 saturated heterocycles. The van der Waals surface area contributed by atoms with Crippen LogP contribution in [0.5, 0.6) is 0 Å². The summed E-state index contributed by atoms with van der Waals surface area (Å²) in [7, 11) is 1.77. The monoisotopic (exact) mass is 461 g/mol. The zero-order chi connectivity index (χ0) is 20.2. The van der Waals surface area contributed by atoms with Crippen molar-refractivity contribution in [1.29, 1.82) is 0 Å². The Morgan fingerprint density at radius 1 is 1.13 bits per heavy atom. The van der Waals surface area contributed by atoms with Crippen molar-refractivity contribution in [2.45, 2.75) is 27.0 Å². The van der Waals surface area contributed by atoms with E-state index >= 15 is 0 Å². The molecule has 154 valence electrons. The van der Waals surface area contributed by atoms with Crippen LogP contribution in [0.3, 0.4) is 0 Å². The van der Waals surface area contributed by atoms with E-state index in [-0.39, 0.29) is 18.1 Å². The van der Waals surface area contributed by atoms with Gasteiger partial charge < -0.3 is 5.32 Å². The maximum atomic E-state index is 12.9. The summed E-state index contributed by atoms with van der Waals surface area (Å²) in [5, 5.41) is 15.0. The molecule has 0 aromatic carbocycles. The molecule has 30 heavy (non-hydrogen) atoms. The number of nitrogens with zero attached hydrogens (tertiary/aromatic N) is 7. The van der Waals surface area contributed by atoms with Crippen molar-refractivity contribution in [3.63, 3.8) is 0 Å². The van der Waals surface area contributed by atoms with E-state index in [0.29, 0.717) is 21.0 Å². The molecular formula is C17H16ClN9OS2. The van der Waals surface area contributed by atoms with Crippen LogP contribution in [0, 0.1) is 6.92 Å². The predicted octanol–water partition coefficient (Wildman–Crippen LogP) is 3.01. The minimum Gasteiger partial charge on any atom is -0.304 e. The van der Waals surface area contributed by atoms with Gasteiger partial charge in [-0.15, -0.1) is 12.4 Å². The second-order valence-corrected chi connectivity index (χ2v) is 7.89. The van der Waals surface area contributed by atoms with Crippen LogP contribution < -0.4 is 5.32 Å². The fourth-order valence-corrected chi connectivity index (χ4v) is 3.70. The first-order valence-electron chi connectivity index (χ1n) is 8.38. The van der Waals surface area contributed by atoms with Crippen LogP contribution in [0.25, 0.3) is 0 Å². The Labute approximate surface area is 186 Å². The Morgan fingerprint density at radius 3 is 2.67 bits per heavy atom. The second kappa shape index (κ2) is 9.69. The Bertz CT molecular complexity index is 1130. The van der Waals surface area contributed by atoms with E-state index in [1.54, 1.807) is 36.4 Å². The Balaban J connectivity index is 0.00000256. The van der Waals surface area contributed by atoms with Gasteiger partial charge in [0.05, 0.1) is 6.20 Å². The number of nitrogens with one attached hydrogen (secondary N) is 2. The fourth-order valence-electron chi connectivity index (χ4n) is 2.26. The van der Waals surface area contributed by atoms with Gasteiger partial charge in [-0.1, -0.05) is 11.8 Å². The zero-order valence-electron chi connectivity index (χ0n) is 15.8. The molecule has 2 N–H and O–H groups in total. The van der Waals surface area contributed by atoms with E-state index < -0.39 is 5.91 Å². The number of halogens is 1. The van der Waals surface area contributed by atoms with E-state index in [1.165, 1.54) is 29.9 Å². The molecule has 13 heteroatoms. The molecule has 0 aliphatic carbocycles. The summed E-state index contributed by atoms with van der Waals surface area (Å²) in [5.74, 6) is 0.0272. The number of aryl methyl sites for hydroxylation is 2. The van der Waals surface area contributed by atoms with Crippen molar-refractivity contribution >= 4 is 47.7 Å². The van der Waals surface area contributed by atoms with Gasteiger partial charge in [-0.2, -0.15) is 10.2 Å². The van der Waals surface area contributed by atoms with Crippen molar-refractivity contribution in [3.05, 3.63) is 54.5 Å². The van der Waals surface area contributed by atoms with Gasteiger partial charge >= 0.3 is 0 Å². The summed E-state index contributed by atoms with van der Waals surface area (Å²) in [6, 6.07) is 5.53. The first kappa shape index (κ1) is 21.7. The van der Waals surface area contributed by atoms with E-state index in [4.69, 9.17) is 0 Å². The van der Waals surface area contributed by atoms with Crippen LogP contribution >= 0.6 is 35.9 Å². The molecule has 0 spiro atoms. The number of carbonyl (C=O) groups excluding carboxylic acids is 1. The third-order valence-electron chi connectivity index (χ3n) is 3.58. The van der Waals surface area contributed by atoms with Crippen molar-refractivity contribution in [2.24, 2.45) is 7.05 Å². The number of hydrogen-bond acceptors (Lipinski definition) is 9. The van der Waals surface area contributed by atoms with Crippen LogP contribution in [0.15, 0.2) is 63.2 Å². The Morgan fingerprint density at radius 2 is 2.00 bits per heavy atom. The molecule has 1 amide bonds. The topological polar surface area (TPSA) is 127 Å². The predicted molar refractivity (Wildman–Crippen MR) is 114 cm³/mol. The van der Waals surface area contributed by atoms with Gasteiger partial charge in [0.1, 0.15) is 16.4 Å². The average molecular weight is 462 g/mol. The van der Waals surface area contributed by atoms with Gasteiger partial charge in [0.15, 0.2) is 16.7 Å². The van der Waals surface area contributed by atoms with Crippen molar-refractivity contribution in [3.8, 4) is 0 Å². The molecule has 0 atom stereocenters. The first-order chi connectivity index (χ1) is 14.1. The van der Waals surface area contributed by atoms with Crippen LogP contribution in [-0.4, -0.2) is 45.8 Å². The van der Waals surface area contributed by atoms with Crippen molar-refractivity contribution < 1.29 is 4.79 Å². The molecule has 4 aromatic rings. The summed E-state index contributed by atoms with van der Waals surface area (Å²) in [6.45, 7) is 1.91.